The van der Waals surface area contributed by atoms with Crippen molar-refractivity contribution in [2.24, 2.45) is 0 Å². The summed E-state index contributed by atoms with van der Waals surface area (Å²) in [5.41, 5.74) is 1.31. The molecule has 190 valence electrons. The summed E-state index contributed by atoms with van der Waals surface area (Å²) in [6.07, 6.45) is 0. The van der Waals surface area contributed by atoms with Gasteiger partial charge >= 0.3 is 5.97 Å². The van der Waals surface area contributed by atoms with Gasteiger partial charge in [-0.25, -0.2) is 4.79 Å². The number of benzene rings is 3. The highest BCUT2D eigenvalue weighted by atomic mass is 16.5. The summed E-state index contributed by atoms with van der Waals surface area (Å²) in [6.45, 7) is 0. The molecular weight excluding hydrogens is 478 g/mol. The van der Waals surface area contributed by atoms with Crippen LogP contribution in [0.5, 0.6) is 17.2 Å². The summed E-state index contributed by atoms with van der Waals surface area (Å²) in [6, 6.07) is 16.7. The van der Waals surface area contributed by atoms with Gasteiger partial charge in [0.1, 0.15) is 23.0 Å². The summed E-state index contributed by atoms with van der Waals surface area (Å²) in [5, 5.41) is 11.4. The Bertz CT molecular complexity index is 1380. The maximum absolute atomic E-state index is 13.4. The minimum Gasteiger partial charge on any atom is -0.507 e. The van der Waals surface area contributed by atoms with E-state index in [1.54, 1.807) is 54.6 Å². The van der Waals surface area contributed by atoms with Crippen LogP contribution >= 0.6 is 0 Å². The molecule has 0 aliphatic carbocycles. The number of aliphatic hydroxyl groups excluding tert-OH is 1. The molecule has 1 heterocycles. The van der Waals surface area contributed by atoms with Crippen LogP contribution in [0.2, 0.25) is 0 Å². The molecule has 1 amide bonds. The van der Waals surface area contributed by atoms with Crippen molar-refractivity contribution in [3.63, 3.8) is 0 Å². The van der Waals surface area contributed by atoms with E-state index in [2.05, 4.69) is 0 Å². The zero-order chi connectivity index (χ0) is 26.7. The summed E-state index contributed by atoms with van der Waals surface area (Å²) in [7, 11) is 5.72. The smallest absolute Gasteiger partial charge is 0.337 e. The number of hydrogen-bond acceptors (Lipinski definition) is 8. The Balaban J connectivity index is 1.91. The Morgan fingerprint density at radius 3 is 2.00 bits per heavy atom. The minimum absolute atomic E-state index is 0.115. The van der Waals surface area contributed by atoms with Crippen molar-refractivity contribution < 1.29 is 38.4 Å². The van der Waals surface area contributed by atoms with Gasteiger partial charge in [-0.05, 0) is 54.1 Å². The Morgan fingerprint density at radius 1 is 0.811 bits per heavy atom. The highest BCUT2D eigenvalue weighted by Gasteiger charge is 2.47. The van der Waals surface area contributed by atoms with Crippen molar-refractivity contribution in [2.75, 3.05) is 33.3 Å². The number of anilines is 1. The molecule has 3 aromatic carbocycles. The number of hydrogen-bond donors (Lipinski definition) is 1. The molecule has 4 rings (SSSR count). The lowest BCUT2D eigenvalue weighted by Crippen LogP contribution is -2.29. The number of amides is 1. The lowest BCUT2D eigenvalue weighted by molar-refractivity contribution is -0.132. The number of ether oxygens (including phenoxy) is 4. The number of rotatable bonds is 7. The summed E-state index contributed by atoms with van der Waals surface area (Å²) in [5.74, 6) is -1.29. The van der Waals surface area contributed by atoms with E-state index in [0.29, 0.717) is 22.7 Å². The average molecular weight is 504 g/mol. The van der Waals surface area contributed by atoms with Gasteiger partial charge in [0.2, 0.25) is 0 Å². The standard InChI is InChI=1S/C28H25NO8/c1-34-19-11-7-16(8-12-19)24-23(25(30)21-14-13-20(35-2)15-22(21)36-3)26(31)27(32)29(24)18-9-5-17(6-10-18)28(33)37-4/h5-15,24,30H,1-4H3/b25-23-. The van der Waals surface area contributed by atoms with E-state index in [9.17, 15) is 19.5 Å². The number of Topliss-reactive ketones (excluding diaryl/α,β-unsaturated/α-hetero) is 1. The molecule has 1 unspecified atom stereocenters. The first-order valence-corrected chi connectivity index (χ1v) is 11.2. The van der Waals surface area contributed by atoms with Gasteiger partial charge in [-0.3, -0.25) is 14.5 Å². The molecule has 1 atom stereocenters. The first-order valence-electron chi connectivity index (χ1n) is 11.2. The van der Waals surface area contributed by atoms with E-state index in [-0.39, 0.29) is 22.4 Å². The maximum Gasteiger partial charge on any atom is 0.337 e. The van der Waals surface area contributed by atoms with E-state index in [0.717, 1.165) is 0 Å². The summed E-state index contributed by atoms with van der Waals surface area (Å²) < 4.78 is 20.6. The quantitative estimate of drug-likeness (QED) is 0.222. The molecule has 0 radical (unpaired) electrons. The third kappa shape index (κ3) is 4.58. The number of carbonyl (C=O) groups is 3. The second kappa shape index (κ2) is 10.4. The highest BCUT2D eigenvalue weighted by molar-refractivity contribution is 6.51. The molecule has 0 saturated carbocycles. The van der Waals surface area contributed by atoms with E-state index in [4.69, 9.17) is 18.9 Å². The Morgan fingerprint density at radius 2 is 1.43 bits per heavy atom. The van der Waals surface area contributed by atoms with Crippen molar-refractivity contribution in [2.45, 2.75) is 6.04 Å². The molecule has 9 nitrogen and oxygen atoms in total. The number of carbonyl (C=O) groups excluding carboxylic acids is 3. The Labute approximate surface area is 213 Å². The van der Waals surface area contributed by atoms with Crippen molar-refractivity contribution in [3.8, 4) is 17.2 Å². The lowest BCUT2D eigenvalue weighted by Gasteiger charge is -2.26. The average Bonchev–Trinajstić information content (AvgIpc) is 3.21. The number of methoxy groups -OCH3 is 4. The highest BCUT2D eigenvalue weighted by Crippen LogP contribution is 2.44. The fourth-order valence-corrected chi connectivity index (χ4v) is 4.22. The maximum atomic E-state index is 13.4. The monoisotopic (exact) mass is 503 g/mol. The molecule has 1 fully saturated rings. The van der Waals surface area contributed by atoms with Crippen LogP contribution in [-0.2, 0) is 14.3 Å². The fourth-order valence-electron chi connectivity index (χ4n) is 4.22. The van der Waals surface area contributed by atoms with Gasteiger partial charge in [0.15, 0.2) is 0 Å². The lowest BCUT2D eigenvalue weighted by atomic mass is 9.94. The topological polar surface area (TPSA) is 112 Å². The number of aliphatic hydroxyl groups is 1. The molecule has 0 aromatic heterocycles. The van der Waals surface area contributed by atoms with Gasteiger partial charge in [0.05, 0.1) is 51.2 Å². The predicted molar refractivity (Wildman–Crippen MR) is 135 cm³/mol. The molecule has 0 bridgehead atoms. The predicted octanol–water partition coefficient (Wildman–Crippen LogP) is 4.13. The summed E-state index contributed by atoms with van der Waals surface area (Å²) in [4.78, 5) is 39.9. The van der Waals surface area contributed by atoms with Crippen LogP contribution in [0.25, 0.3) is 5.76 Å². The third-order valence-electron chi connectivity index (χ3n) is 6.11. The normalized spacial score (nSPS) is 16.4. The SMILES string of the molecule is COC(=O)c1ccc(N2C(=O)C(=O)/C(=C(\O)c3ccc(OC)cc3OC)C2c2ccc(OC)cc2)cc1. The third-order valence-corrected chi connectivity index (χ3v) is 6.11. The zero-order valence-corrected chi connectivity index (χ0v) is 20.7. The van der Waals surface area contributed by atoms with Crippen LogP contribution in [0.4, 0.5) is 5.69 Å². The first kappa shape index (κ1) is 25.3. The van der Waals surface area contributed by atoms with E-state index in [1.807, 2.05) is 0 Å². The molecule has 1 aliphatic heterocycles. The van der Waals surface area contributed by atoms with Crippen molar-refractivity contribution in [3.05, 3.63) is 89.0 Å². The molecule has 37 heavy (non-hydrogen) atoms. The van der Waals surface area contributed by atoms with Crippen LogP contribution in [0.3, 0.4) is 0 Å². The Kier molecular flexibility index (Phi) is 7.15. The van der Waals surface area contributed by atoms with E-state index < -0.39 is 29.5 Å². The summed E-state index contributed by atoms with van der Waals surface area (Å²) >= 11 is 0. The number of nitrogens with zero attached hydrogens (tertiary/aromatic N) is 1. The van der Waals surface area contributed by atoms with Crippen LogP contribution in [-0.4, -0.2) is 51.2 Å². The van der Waals surface area contributed by atoms with Gasteiger partial charge in [-0.1, -0.05) is 12.1 Å². The van der Waals surface area contributed by atoms with Gasteiger partial charge < -0.3 is 24.1 Å². The molecule has 0 spiro atoms. The minimum atomic E-state index is -0.971. The number of ketones is 1. The Hall–Kier alpha value is -4.79. The number of esters is 1. The molecular formula is C28H25NO8. The molecule has 1 aliphatic rings. The van der Waals surface area contributed by atoms with Crippen molar-refractivity contribution in [1.29, 1.82) is 0 Å². The first-order chi connectivity index (χ1) is 17.8. The fraction of sp³-hybridized carbons (Fsp3) is 0.179. The van der Waals surface area contributed by atoms with Crippen molar-refractivity contribution >= 4 is 29.1 Å². The van der Waals surface area contributed by atoms with Crippen molar-refractivity contribution in [1.82, 2.24) is 0 Å². The van der Waals surface area contributed by atoms with E-state index in [1.165, 1.54) is 45.5 Å². The second-order valence-corrected chi connectivity index (χ2v) is 8.05. The molecule has 9 heteroatoms. The van der Waals surface area contributed by atoms with Crippen LogP contribution in [0.15, 0.2) is 72.3 Å². The van der Waals surface area contributed by atoms with Crippen LogP contribution in [0, 0.1) is 0 Å². The van der Waals surface area contributed by atoms with Crippen LogP contribution in [0.1, 0.15) is 27.5 Å². The van der Waals surface area contributed by atoms with Gasteiger partial charge in [-0.2, -0.15) is 0 Å². The molecule has 1 N–H and O–H groups in total. The zero-order valence-electron chi connectivity index (χ0n) is 20.7. The van der Waals surface area contributed by atoms with Crippen LogP contribution < -0.4 is 19.1 Å². The molecule has 1 saturated heterocycles. The van der Waals surface area contributed by atoms with Gasteiger partial charge in [0.25, 0.3) is 11.7 Å². The molecule has 3 aromatic rings. The largest absolute Gasteiger partial charge is 0.507 e. The van der Waals surface area contributed by atoms with E-state index >= 15 is 0 Å². The van der Waals surface area contributed by atoms with Gasteiger partial charge in [0, 0.05) is 11.8 Å². The second-order valence-electron chi connectivity index (χ2n) is 8.05. The van der Waals surface area contributed by atoms with Gasteiger partial charge in [-0.15, -0.1) is 0 Å².